The van der Waals surface area contributed by atoms with Gasteiger partial charge in [0.25, 0.3) is 0 Å². The van der Waals surface area contributed by atoms with Crippen LogP contribution in [-0.4, -0.2) is 23.9 Å². The lowest BCUT2D eigenvalue weighted by atomic mass is 9.85. The van der Waals surface area contributed by atoms with Crippen molar-refractivity contribution >= 4 is 5.96 Å². The zero-order valence-electron chi connectivity index (χ0n) is 8.58. The Morgan fingerprint density at radius 2 is 2.00 bits per heavy atom. The van der Waals surface area contributed by atoms with Crippen LogP contribution in [0.15, 0.2) is 5.10 Å². The summed E-state index contributed by atoms with van der Waals surface area (Å²) in [5, 5.41) is 3.52. The predicted octanol–water partition coefficient (Wildman–Crippen LogP) is 0.687. The van der Waals surface area contributed by atoms with Gasteiger partial charge in [0.2, 0.25) is 5.96 Å². The highest BCUT2D eigenvalue weighted by Gasteiger charge is 2.23. The monoisotopic (exact) mass is 184 g/mol. The van der Waals surface area contributed by atoms with Crippen LogP contribution >= 0.6 is 0 Å². The Morgan fingerprint density at radius 1 is 1.31 bits per heavy atom. The molecule has 76 valence electrons. The summed E-state index contributed by atoms with van der Waals surface area (Å²) in [7, 11) is 0. The maximum atomic E-state index is 5.66. The van der Waals surface area contributed by atoms with Crippen molar-refractivity contribution in [2.75, 3.05) is 13.1 Å². The quantitative estimate of drug-likeness (QED) is 0.252. The van der Waals surface area contributed by atoms with Crippen LogP contribution in [0.5, 0.6) is 0 Å². The van der Waals surface area contributed by atoms with Crippen LogP contribution < -0.4 is 11.6 Å². The molecule has 13 heavy (non-hydrogen) atoms. The smallest absolute Gasteiger partial charge is 0.213 e. The highest BCUT2D eigenvalue weighted by atomic mass is 15.3. The lowest BCUT2D eigenvalue weighted by Crippen LogP contribution is -2.39. The minimum absolute atomic E-state index is 0.434. The summed E-state index contributed by atoms with van der Waals surface area (Å²) >= 11 is 0. The molecule has 4 N–H and O–H groups in total. The van der Waals surface area contributed by atoms with Crippen molar-refractivity contribution < 1.29 is 0 Å². The Morgan fingerprint density at radius 3 is 2.62 bits per heavy atom. The van der Waals surface area contributed by atoms with Crippen LogP contribution in [0.25, 0.3) is 0 Å². The molecule has 0 spiro atoms. The number of nitrogens with two attached hydrogens (primary N) is 2. The first-order valence-corrected chi connectivity index (χ1v) is 4.83. The molecule has 1 aliphatic rings. The fourth-order valence-corrected chi connectivity index (χ4v) is 1.73. The zero-order valence-corrected chi connectivity index (χ0v) is 8.58. The summed E-state index contributed by atoms with van der Waals surface area (Å²) in [6.07, 6.45) is 3.58. The van der Waals surface area contributed by atoms with E-state index in [2.05, 4.69) is 23.8 Å². The van der Waals surface area contributed by atoms with Crippen LogP contribution in [0.2, 0.25) is 0 Å². The Labute approximate surface area is 80.0 Å². The molecule has 0 amide bonds. The Kier molecular flexibility index (Phi) is 3.01. The number of guanidine groups is 1. The van der Waals surface area contributed by atoms with E-state index in [0.717, 1.165) is 19.5 Å². The van der Waals surface area contributed by atoms with Gasteiger partial charge in [-0.25, -0.2) is 0 Å². The molecule has 0 aliphatic carbocycles. The topological polar surface area (TPSA) is 67.6 Å². The third-order valence-corrected chi connectivity index (χ3v) is 2.80. The average molecular weight is 184 g/mol. The van der Waals surface area contributed by atoms with Crippen molar-refractivity contribution in [2.24, 2.45) is 22.1 Å². The molecule has 0 saturated carbocycles. The minimum atomic E-state index is 0.434. The molecule has 0 atom stereocenters. The molecule has 4 heteroatoms. The van der Waals surface area contributed by atoms with Gasteiger partial charge in [0.15, 0.2) is 0 Å². The Balaban J connectivity index is 2.55. The van der Waals surface area contributed by atoms with Crippen molar-refractivity contribution in [3.8, 4) is 0 Å². The highest BCUT2D eigenvalue weighted by molar-refractivity contribution is 5.77. The molecular weight excluding hydrogens is 164 g/mol. The number of hydrogen-bond acceptors (Lipinski definition) is 2. The normalized spacial score (nSPS) is 24.2. The molecule has 1 aliphatic heterocycles. The van der Waals surface area contributed by atoms with Gasteiger partial charge in [-0.1, -0.05) is 13.8 Å². The number of nitrogens with zero attached hydrogens (tertiary/aromatic N) is 2. The molecule has 1 rings (SSSR count). The van der Waals surface area contributed by atoms with Crippen molar-refractivity contribution in [2.45, 2.75) is 33.1 Å². The first-order valence-electron chi connectivity index (χ1n) is 4.83. The second kappa shape index (κ2) is 3.85. The maximum absolute atomic E-state index is 5.66. The Bertz CT molecular complexity index is 198. The predicted molar refractivity (Wildman–Crippen MR) is 55.0 cm³/mol. The number of hydrogen-bond donors (Lipinski definition) is 2. The number of likely N-dealkylation sites (tertiary alicyclic amines) is 1. The van der Waals surface area contributed by atoms with E-state index in [1.807, 2.05) is 0 Å². The zero-order chi connectivity index (χ0) is 9.90. The van der Waals surface area contributed by atoms with Gasteiger partial charge < -0.3 is 16.5 Å². The second-order valence-corrected chi connectivity index (χ2v) is 4.49. The molecular formula is C9H20N4. The molecule has 0 aromatic rings. The van der Waals surface area contributed by atoms with E-state index in [0.29, 0.717) is 11.4 Å². The first kappa shape index (κ1) is 10.2. The van der Waals surface area contributed by atoms with Crippen molar-refractivity contribution in [3.05, 3.63) is 0 Å². The van der Waals surface area contributed by atoms with Crippen LogP contribution in [-0.2, 0) is 0 Å². The fourth-order valence-electron chi connectivity index (χ4n) is 1.73. The fraction of sp³-hybridized carbons (Fsp3) is 0.889. The summed E-state index contributed by atoms with van der Waals surface area (Å²) < 4.78 is 0. The molecule has 1 heterocycles. The number of rotatable bonds is 0. The summed E-state index contributed by atoms with van der Waals surface area (Å²) in [5.74, 6) is 5.61. The van der Waals surface area contributed by atoms with Crippen molar-refractivity contribution in [1.29, 1.82) is 0 Å². The van der Waals surface area contributed by atoms with E-state index in [1.54, 1.807) is 0 Å². The lowest BCUT2D eigenvalue weighted by Gasteiger charge is -2.23. The average Bonchev–Trinajstić information content (AvgIpc) is 2.25. The molecule has 1 saturated heterocycles. The van der Waals surface area contributed by atoms with Crippen molar-refractivity contribution in [3.63, 3.8) is 0 Å². The summed E-state index contributed by atoms with van der Waals surface area (Å²) in [6.45, 7) is 6.55. The molecule has 4 nitrogen and oxygen atoms in total. The van der Waals surface area contributed by atoms with Gasteiger partial charge in [-0.15, -0.1) is 5.10 Å². The van der Waals surface area contributed by atoms with Gasteiger partial charge in [0.05, 0.1) is 0 Å². The SMILES string of the molecule is CC1(C)CCCN(C(N)=NN)CC1. The maximum Gasteiger partial charge on any atom is 0.213 e. The number of hydrazone groups is 1. The van der Waals surface area contributed by atoms with Gasteiger partial charge in [0.1, 0.15) is 0 Å². The second-order valence-electron chi connectivity index (χ2n) is 4.49. The van der Waals surface area contributed by atoms with Gasteiger partial charge in [-0.3, -0.25) is 0 Å². The molecule has 0 aromatic carbocycles. The summed E-state index contributed by atoms with van der Waals surface area (Å²) in [4.78, 5) is 2.06. The first-order chi connectivity index (χ1) is 6.05. The van der Waals surface area contributed by atoms with Gasteiger partial charge >= 0.3 is 0 Å². The Hall–Kier alpha value is -0.930. The van der Waals surface area contributed by atoms with E-state index < -0.39 is 0 Å². The van der Waals surface area contributed by atoms with E-state index in [-0.39, 0.29) is 0 Å². The van der Waals surface area contributed by atoms with E-state index >= 15 is 0 Å². The van der Waals surface area contributed by atoms with E-state index in [9.17, 15) is 0 Å². The van der Waals surface area contributed by atoms with Crippen LogP contribution in [0.4, 0.5) is 0 Å². The molecule has 0 unspecified atom stereocenters. The van der Waals surface area contributed by atoms with E-state index in [4.69, 9.17) is 11.6 Å². The minimum Gasteiger partial charge on any atom is -0.368 e. The molecule has 0 aromatic heterocycles. The van der Waals surface area contributed by atoms with Gasteiger partial charge in [-0.2, -0.15) is 0 Å². The van der Waals surface area contributed by atoms with E-state index in [1.165, 1.54) is 12.8 Å². The molecule has 0 radical (unpaired) electrons. The van der Waals surface area contributed by atoms with Crippen LogP contribution in [0, 0.1) is 5.41 Å². The van der Waals surface area contributed by atoms with Crippen molar-refractivity contribution in [1.82, 2.24) is 4.90 Å². The molecule has 1 fully saturated rings. The van der Waals surface area contributed by atoms with Gasteiger partial charge in [0, 0.05) is 13.1 Å². The van der Waals surface area contributed by atoms with Crippen LogP contribution in [0.3, 0.4) is 0 Å². The largest absolute Gasteiger partial charge is 0.368 e. The highest BCUT2D eigenvalue weighted by Crippen LogP contribution is 2.29. The third-order valence-electron chi connectivity index (χ3n) is 2.80. The van der Waals surface area contributed by atoms with Gasteiger partial charge in [-0.05, 0) is 24.7 Å². The summed E-state index contributed by atoms with van der Waals surface area (Å²) in [5.41, 5.74) is 6.09. The third kappa shape index (κ3) is 2.79. The van der Waals surface area contributed by atoms with Crippen LogP contribution in [0.1, 0.15) is 33.1 Å². The summed E-state index contributed by atoms with van der Waals surface area (Å²) in [6, 6.07) is 0. The molecule has 0 bridgehead atoms. The lowest BCUT2D eigenvalue weighted by molar-refractivity contribution is 0.313. The standard InChI is InChI=1S/C9H20N4/c1-9(2)4-3-6-13(7-5-9)8(10)12-11/h3-7,11H2,1-2H3,(H2,10,12).